The van der Waals surface area contributed by atoms with Gasteiger partial charge in [0.2, 0.25) is 5.91 Å². The molecule has 31 heavy (non-hydrogen) atoms. The summed E-state index contributed by atoms with van der Waals surface area (Å²) in [5.41, 5.74) is 2.54. The molecule has 0 aromatic carbocycles. The van der Waals surface area contributed by atoms with E-state index in [0.29, 0.717) is 43.7 Å². The number of nitrogens with zero attached hydrogens (tertiary/aromatic N) is 2. The molecule has 1 heterocycles. The third-order valence-electron chi connectivity index (χ3n) is 6.33. The van der Waals surface area contributed by atoms with E-state index in [1.54, 1.807) is 0 Å². The number of rotatable bonds is 6. The molecule has 174 valence electrons. The number of carbonyl (C=O) groups excluding carboxylic acids is 2. The number of hydrogen-bond donors (Lipinski definition) is 2. The molecule has 3 rings (SSSR count). The third kappa shape index (κ3) is 6.47. The van der Waals surface area contributed by atoms with Crippen LogP contribution in [0.3, 0.4) is 0 Å². The normalized spacial score (nSPS) is 23.1. The third-order valence-corrected chi connectivity index (χ3v) is 6.33. The summed E-state index contributed by atoms with van der Waals surface area (Å²) in [6.07, 6.45) is 7.07. The minimum absolute atomic E-state index is 0.00372. The minimum atomic E-state index is -0.373. The Morgan fingerprint density at radius 2 is 1.81 bits per heavy atom. The average molecular weight is 433 g/mol. The van der Waals surface area contributed by atoms with Crippen LogP contribution in [-0.2, 0) is 27.9 Å². The van der Waals surface area contributed by atoms with Crippen molar-refractivity contribution in [3.8, 4) is 0 Å². The van der Waals surface area contributed by atoms with E-state index in [1.165, 1.54) is 11.3 Å². The van der Waals surface area contributed by atoms with Gasteiger partial charge in [0.15, 0.2) is 0 Å². The van der Waals surface area contributed by atoms with Crippen molar-refractivity contribution in [1.29, 1.82) is 0 Å². The fraction of sp³-hybridized carbons (Fsp3) is 0.792. The fourth-order valence-electron chi connectivity index (χ4n) is 4.86. The molecule has 0 radical (unpaired) electrons. The number of fused-ring (bicyclic) bond motifs is 2. The van der Waals surface area contributed by atoms with Crippen LogP contribution in [0.25, 0.3) is 0 Å². The zero-order valence-corrected chi connectivity index (χ0v) is 20.1. The van der Waals surface area contributed by atoms with Crippen LogP contribution in [-0.4, -0.2) is 40.5 Å². The number of nitrogens with one attached hydrogen (secondary N) is 2. The van der Waals surface area contributed by atoms with E-state index in [2.05, 4.69) is 41.2 Å². The van der Waals surface area contributed by atoms with Crippen LogP contribution in [0.5, 0.6) is 0 Å². The van der Waals surface area contributed by atoms with Crippen LogP contribution in [0.4, 0.5) is 4.79 Å². The van der Waals surface area contributed by atoms with Gasteiger partial charge in [-0.15, -0.1) is 0 Å². The highest BCUT2D eigenvalue weighted by atomic mass is 16.5. The minimum Gasteiger partial charge on any atom is -0.449 e. The Balaban J connectivity index is 1.36. The van der Waals surface area contributed by atoms with Crippen LogP contribution >= 0.6 is 0 Å². The molecule has 2 aliphatic rings. The van der Waals surface area contributed by atoms with Gasteiger partial charge in [-0.05, 0) is 97.0 Å². The zero-order chi connectivity index (χ0) is 22.8. The zero-order valence-electron chi connectivity index (χ0n) is 20.1. The number of aryl methyl sites for hydroxylation is 1. The number of alkyl carbamates (subject to hydrolysis) is 1. The second-order valence-electron chi connectivity index (χ2n) is 11.2. The van der Waals surface area contributed by atoms with Gasteiger partial charge >= 0.3 is 6.09 Å². The van der Waals surface area contributed by atoms with E-state index in [4.69, 9.17) is 4.74 Å². The molecule has 1 fully saturated rings. The molecule has 0 spiro atoms. The predicted molar refractivity (Wildman–Crippen MR) is 121 cm³/mol. The van der Waals surface area contributed by atoms with Crippen molar-refractivity contribution in [3.05, 3.63) is 17.5 Å². The molecule has 2 aliphatic carbocycles. The molecule has 7 nitrogen and oxygen atoms in total. The van der Waals surface area contributed by atoms with Gasteiger partial charge in [0.1, 0.15) is 0 Å². The number of ether oxygens (including phenoxy) is 1. The van der Waals surface area contributed by atoms with Gasteiger partial charge in [-0.3, -0.25) is 9.48 Å². The van der Waals surface area contributed by atoms with Crippen molar-refractivity contribution < 1.29 is 14.3 Å². The molecule has 0 bridgehead atoms. The van der Waals surface area contributed by atoms with Crippen LogP contribution in [0.15, 0.2) is 6.20 Å². The van der Waals surface area contributed by atoms with Gasteiger partial charge < -0.3 is 15.4 Å². The topological polar surface area (TPSA) is 85.2 Å². The van der Waals surface area contributed by atoms with Crippen LogP contribution in [0, 0.1) is 17.8 Å². The molecule has 1 aromatic heterocycles. The Bertz CT molecular complexity index is 788. The van der Waals surface area contributed by atoms with Crippen molar-refractivity contribution in [2.45, 2.75) is 91.1 Å². The molecular formula is C24H40N4O3. The largest absolute Gasteiger partial charge is 0.449 e. The monoisotopic (exact) mass is 432 g/mol. The summed E-state index contributed by atoms with van der Waals surface area (Å²) in [4.78, 5) is 23.8. The quantitative estimate of drug-likeness (QED) is 0.670. The van der Waals surface area contributed by atoms with E-state index in [0.717, 1.165) is 25.7 Å². The van der Waals surface area contributed by atoms with Crippen LogP contribution in [0.1, 0.15) is 78.5 Å². The Hall–Kier alpha value is -2.05. The summed E-state index contributed by atoms with van der Waals surface area (Å²) < 4.78 is 7.68. The molecule has 0 saturated heterocycles. The van der Waals surface area contributed by atoms with Crippen molar-refractivity contribution in [1.82, 2.24) is 20.4 Å². The van der Waals surface area contributed by atoms with Crippen molar-refractivity contribution in [2.75, 3.05) is 13.2 Å². The maximum absolute atomic E-state index is 12.0. The Labute approximate surface area is 186 Å². The lowest BCUT2D eigenvalue weighted by atomic mass is 9.98. The summed E-state index contributed by atoms with van der Waals surface area (Å²) >= 11 is 0. The summed E-state index contributed by atoms with van der Waals surface area (Å²) in [5, 5.41) is 10.3. The Morgan fingerprint density at radius 1 is 1.13 bits per heavy atom. The molecular weight excluding hydrogens is 392 g/mol. The number of amides is 2. The molecule has 3 atom stereocenters. The lowest BCUT2D eigenvalue weighted by Gasteiger charge is -2.23. The fourth-order valence-corrected chi connectivity index (χ4v) is 4.86. The van der Waals surface area contributed by atoms with Crippen LogP contribution in [0.2, 0.25) is 0 Å². The highest BCUT2D eigenvalue weighted by molar-refractivity contribution is 5.76. The smallest absolute Gasteiger partial charge is 0.407 e. The SMILES string of the molecule is CC(C)(C)NC(=O)CCCNC(=O)OCC1[C@H]2CCc3c(cnn3C(C)(C)C)CC[C@@H]12. The first kappa shape index (κ1) is 23.6. The first-order chi connectivity index (χ1) is 14.5. The number of carbonyl (C=O) groups is 2. The van der Waals surface area contributed by atoms with Gasteiger partial charge in [0.25, 0.3) is 0 Å². The predicted octanol–water partition coefficient (Wildman–Crippen LogP) is 3.80. The van der Waals surface area contributed by atoms with E-state index in [1.807, 2.05) is 27.0 Å². The first-order valence-corrected chi connectivity index (χ1v) is 11.7. The maximum atomic E-state index is 12.0. The molecule has 7 heteroatoms. The molecule has 2 amide bonds. The maximum Gasteiger partial charge on any atom is 0.407 e. The van der Waals surface area contributed by atoms with E-state index in [9.17, 15) is 9.59 Å². The molecule has 1 unspecified atom stereocenters. The van der Waals surface area contributed by atoms with E-state index >= 15 is 0 Å². The van der Waals surface area contributed by atoms with Crippen LogP contribution < -0.4 is 10.6 Å². The number of hydrogen-bond acceptors (Lipinski definition) is 4. The Morgan fingerprint density at radius 3 is 2.45 bits per heavy atom. The van der Waals surface area contributed by atoms with Gasteiger partial charge in [-0.2, -0.15) is 5.10 Å². The summed E-state index contributed by atoms with van der Waals surface area (Å²) in [5.74, 6) is 1.78. The highest BCUT2D eigenvalue weighted by Gasteiger charge is 2.50. The van der Waals surface area contributed by atoms with Gasteiger partial charge in [0.05, 0.1) is 18.3 Å². The van der Waals surface area contributed by atoms with Gasteiger partial charge in [-0.25, -0.2) is 4.79 Å². The lowest BCUT2D eigenvalue weighted by Crippen LogP contribution is -2.40. The average Bonchev–Trinajstić information content (AvgIpc) is 3.10. The highest BCUT2D eigenvalue weighted by Crippen LogP contribution is 2.53. The second-order valence-corrected chi connectivity index (χ2v) is 11.2. The van der Waals surface area contributed by atoms with E-state index < -0.39 is 0 Å². The van der Waals surface area contributed by atoms with E-state index in [-0.39, 0.29) is 23.1 Å². The second kappa shape index (κ2) is 9.21. The van der Waals surface area contributed by atoms with Crippen molar-refractivity contribution in [2.24, 2.45) is 17.8 Å². The van der Waals surface area contributed by atoms with Gasteiger partial charge in [0, 0.05) is 24.2 Å². The van der Waals surface area contributed by atoms with Gasteiger partial charge in [-0.1, -0.05) is 0 Å². The molecule has 1 saturated carbocycles. The lowest BCUT2D eigenvalue weighted by molar-refractivity contribution is -0.122. The molecule has 2 N–H and O–H groups in total. The molecule has 0 aliphatic heterocycles. The summed E-state index contributed by atoms with van der Waals surface area (Å²) in [6, 6.07) is 0. The van der Waals surface area contributed by atoms with Crippen molar-refractivity contribution >= 4 is 12.0 Å². The number of aromatic nitrogens is 2. The standard InChI is InChI=1S/C24H40N4O3/c1-23(2,3)27-21(29)8-7-13-25-22(30)31-15-19-17-10-9-16-14-26-28(24(4,5)6)20(16)12-11-18(17)19/h14,17-19H,7-13,15H2,1-6H3,(H,25,30)(H,27,29)/t17-,18+,19?/m1/s1. The summed E-state index contributed by atoms with van der Waals surface area (Å²) in [7, 11) is 0. The van der Waals surface area contributed by atoms with Crippen molar-refractivity contribution in [3.63, 3.8) is 0 Å². The summed E-state index contributed by atoms with van der Waals surface area (Å²) in [6.45, 7) is 13.4. The Kier molecular flexibility index (Phi) is 7.01. The first-order valence-electron chi connectivity index (χ1n) is 11.7. The molecule has 1 aromatic rings.